The van der Waals surface area contributed by atoms with Gasteiger partial charge in [0.2, 0.25) is 5.89 Å². The van der Waals surface area contributed by atoms with Gasteiger partial charge in [-0.15, -0.1) is 24.0 Å². The quantitative estimate of drug-likeness (QED) is 0.309. The van der Waals surface area contributed by atoms with E-state index >= 15 is 0 Å². The number of halogens is 1. The minimum absolute atomic E-state index is 0. The van der Waals surface area contributed by atoms with E-state index in [0.29, 0.717) is 31.5 Å². The van der Waals surface area contributed by atoms with Gasteiger partial charge in [-0.05, 0) is 19.9 Å². The van der Waals surface area contributed by atoms with Gasteiger partial charge in [0, 0.05) is 38.8 Å². The van der Waals surface area contributed by atoms with Crippen LogP contribution in [0.25, 0.3) is 0 Å². The minimum Gasteiger partial charge on any atom is -0.492 e. The van der Waals surface area contributed by atoms with Crippen LogP contribution in [0.4, 0.5) is 0 Å². The number of benzene rings is 1. The number of hydrogen-bond donors (Lipinski definition) is 2. The molecule has 2 heterocycles. The lowest BCUT2D eigenvalue weighted by Gasteiger charge is -2.26. The number of aryl methyl sites for hydroxylation is 2. The number of nitrogens with zero attached hydrogens (tertiary/aromatic N) is 3. The molecule has 1 fully saturated rings. The Morgan fingerprint density at radius 3 is 2.60 bits per heavy atom. The Morgan fingerprint density at radius 1 is 1.17 bits per heavy atom. The van der Waals surface area contributed by atoms with Crippen molar-refractivity contribution in [1.29, 1.82) is 0 Å². The first-order valence-corrected chi connectivity index (χ1v) is 10.0. The standard InChI is InChI=1S/C21H31N5O3.HI/c1-16-17(2)29-20(25-16)15-24-21(22-3)23-14-18-6-4-5-7-19(18)28-13-10-26-8-11-27-12-9-26;/h4-7H,8-15H2,1-3H3,(H2,22,23,24);1H. The molecule has 0 radical (unpaired) electrons. The van der Waals surface area contributed by atoms with Gasteiger partial charge in [0.1, 0.15) is 18.1 Å². The van der Waals surface area contributed by atoms with Crippen LogP contribution in [0.1, 0.15) is 22.9 Å². The van der Waals surface area contributed by atoms with Crippen LogP contribution in [0.3, 0.4) is 0 Å². The molecule has 0 atom stereocenters. The summed E-state index contributed by atoms with van der Waals surface area (Å²) in [5, 5.41) is 6.55. The zero-order chi connectivity index (χ0) is 20.5. The average Bonchev–Trinajstić information content (AvgIpc) is 3.07. The van der Waals surface area contributed by atoms with Crippen LogP contribution >= 0.6 is 24.0 Å². The van der Waals surface area contributed by atoms with Crippen LogP contribution in [0.15, 0.2) is 33.7 Å². The lowest BCUT2D eigenvalue weighted by Crippen LogP contribution is -2.38. The fourth-order valence-corrected chi connectivity index (χ4v) is 3.07. The maximum Gasteiger partial charge on any atom is 0.214 e. The Hall–Kier alpha value is -1.85. The van der Waals surface area contributed by atoms with E-state index in [-0.39, 0.29) is 24.0 Å². The number of rotatable bonds is 8. The summed E-state index contributed by atoms with van der Waals surface area (Å²) < 4.78 is 17.0. The van der Waals surface area contributed by atoms with E-state index in [1.165, 1.54) is 0 Å². The highest BCUT2D eigenvalue weighted by Gasteiger charge is 2.11. The Morgan fingerprint density at radius 2 is 1.90 bits per heavy atom. The molecule has 3 rings (SSSR count). The molecule has 0 saturated carbocycles. The van der Waals surface area contributed by atoms with Crippen LogP contribution in [0.2, 0.25) is 0 Å². The monoisotopic (exact) mass is 529 g/mol. The maximum absolute atomic E-state index is 6.04. The summed E-state index contributed by atoms with van der Waals surface area (Å²) in [6.07, 6.45) is 0. The molecule has 166 valence electrons. The Kier molecular flexibility index (Phi) is 10.4. The fraction of sp³-hybridized carbons (Fsp3) is 0.524. The van der Waals surface area contributed by atoms with E-state index in [9.17, 15) is 0 Å². The Balaban J connectivity index is 0.00000320. The molecule has 2 aromatic rings. The number of guanidine groups is 1. The molecule has 2 N–H and O–H groups in total. The highest BCUT2D eigenvalue weighted by molar-refractivity contribution is 14.0. The highest BCUT2D eigenvalue weighted by atomic mass is 127. The van der Waals surface area contributed by atoms with Gasteiger partial charge in [-0.1, -0.05) is 18.2 Å². The van der Waals surface area contributed by atoms with Crippen molar-refractivity contribution in [2.24, 2.45) is 4.99 Å². The summed E-state index contributed by atoms with van der Waals surface area (Å²) >= 11 is 0. The van der Waals surface area contributed by atoms with Gasteiger partial charge in [0.25, 0.3) is 0 Å². The van der Waals surface area contributed by atoms with Crippen molar-refractivity contribution in [2.75, 3.05) is 46.5 Å². The second-order valence-corrected chi connectivity index (χ2v) is 6.94. The average molecular weight is 529 g/mol. The minimum atomic E-state index is 0. The smallest absolute Gasteiger partial charge is 0.214 e. The lowest BCUT2D eigenvalue weighted by atomic mass is 10.2. The molecule has 0 spiro atoms. The maximum atomic E-state index is 6.04. The molecule has 0 bridgehead atoms. The number of para-hydroxylation sites is 1. The number of aliphatic imine (C=N–C) groups is 1. The van der Waals surface area contributed by atoms with E-state index in [1.54, 1.807) is 7.05 Å². The number of hydrogen-bond acceptors (Lipinski definition) is 6. The second kappa shape index (κ2) is 12.8. The van der Waals surface area contributed by atoms with Gasteiger partial charge in [-0.2, -0.15) is 0 Å². The van der Waals surface area contributed by atoms with Crippen molar-refractivity contribution in [3.05, 3.63) is 47.2 Å². The molecule has 1 aromatic carbocycles. The molecule has 1 saturated heterocycles. The van der Waals surface area contributed by atoms with Crippen LogP contribution in [0, 0.1) is 13.8 Å². The second-order valence-electron chi connectivity index (χ2n) is 6.94. The molecule has 8 nitrogen and oxygen atoms in total. The predicted octanol–water partition coefficient (Wildman–Crippen LogP) is 2.49. The van der Waals surface area contributed by atoms with Crippen LogP contribution in [-0.4, -0.2) is 62.3 Å². The Labute approximate surface area is 195 Å². The first-order valence-electron chi connectivity index (χ1n) is 10.0. The van der Waals surface area contributed by atoms with E-state index < -0.39 is 0 Å². The van der Waals surface area contributed by atoms with Gasteiger partial charge in [-0.25, -0.2) is 4.98 Å². The summed E-state index contributed by atoms with van der Waals surface area (Å²) in [5.41, 5.74) is 1.99. The molecule has 0 unspecified atom stereocenters. The van der Waals surface area contributed by atoms with Crippen molar-refractivity contribution in [3.63, 3.8) is 0 Å². The van der Waals surface area contributed by atoms with Crippen LogP contribution in [0.5, 0.6) is 5.75 Å². The van der Waals surface area contributed by atoms with Gasteiger partial charge in [-0.3, -0.25) is 9.89 Å². The summed E-state index contributed by atoms with van der Waals surface area (Å²) in [6, 6.07) is 8.07. The van der Waals surface area contributed by atoms with Crippen molar-refractivity contribution in [1.82, 2.24) is 20.5 Å². The fourth-order valence-electron chi connectivity index (χ4n) is 3.07. The van der Waals surface area contributed by atoms with Crippen molar-refractivity contribution < 1.29 is 13.9 Å². The van der Waals surface area contributed by atoms with Crippen molar-refractivity contribution in [3.8, 4) is 5.75 Å². The van der Waals surface area contributed by atoms with Gasteiger partial charge >= 0.3 is 0 Å². The van der Waals surface area contributed by atoms with Gasteiger partial charge in [0.15, 0.2) is 5.96 Å². The molecule has 1 aliphatic rings. The van der Waals surface area contributed by atoms with Crippen molar-refractivity contribution in [2.45, 2.75) is 26.9 Å². The summed E-state index contributed by atoms with van der Waals surface area (Å²) in [7, 11) is 1.74. The third-order valence-corrected chi connectivity index (χ3v) is 4.89. The topological polar surface area (TPSA) is 84.2 Å². The van der Waals surface area contributed by atoms with Crippen LogP contribution in [-0.2, 0) is 17.8 Å². The SMILES string of the molecule is CN=C(NCc1nc(C)c(C)o1)NCc1ccccc1OCCN1CCOCC1.I. The third-order valence-electron chi connectivity index (χ3n) is 4.89. The zero-order valence-corrected chi connectivity index (χ0v) is 20.3. The summed E-state index contributed by atoms with van der Waals surface area (Å²) in [5.74, 6) is 3.06. The van der Waals surface area contributed by atoms with E-state index in [4.69, 9.17) is 13.9 Å². The van der Waals surface area contributed by atoms with Crippen LogP contribution < -0.4 is 15.4 Å². The summed E-state index contributed by atoms with van der Waals surface area (Å²) in [6.45, 7) is 10.1. The van der Waals surface area contributed by atoms with E-state index in [2.05, 4.69) is 31.6 Å². The third kappa shape index (κ3) is 7.44. The van der Waals surface area contributed by atoms with E-state index in [1.807, 2.05) is 32.0 Å². The first-order chi connectivity index (χ1) is 14.2. The van der Waals surface area contributed by atoms with Gasteiger partial charge < -0.3 is 24.5 Å². The molecule has 1 aliphatic heterocycles. The van der Waals surface area contributed by atoms with Crippen molar-refractivity contribution >= 4 is 29.9 Å². The molecular weight excluding hydrogens is 497 g/mol. The predicted molar refractivity (Wildman–Crippen MR) is 128 cm³/mol. The molecular formula is C21H32IN5O3. The normalized spacial score (nSPS) is 14.8. The van der Waals surface area contributed by atoms with E-state index in [0.717, 1.165) is 55.6 Å². The molecule has 9 heteroatoms. The summed E-state index contributed by atoms with van der Waals surface area (Å²) in [4.78, 5) is 11.0. The van der Waals surface area contributed by atoms with Gasteiger partial charge in [0.05, 0.1) is 25.5 Å². The largest absolute Gasteiger partial charge is 0.492 e. The number of ether oxygens (including phenoxy) is 2. The zero-order valence-electron chi connectivity index (χ0n) is 17.9. The highest BCUT2D eigenvalue weighted by Crippen LogP contribution is 2.17. The Bertz CT molecular complexity index is 786. The number of aromatic nitrogens is 1. The first kappa shape index (κ1) is 24.4. The molecule has 0 amide bonds. The molecule has 30 heavy (non-hydrogen) atoms. The molecule has 0 aliphatic carbocycles. The lowest BCUT2D eigenvalue weighted by molar-refractivity contribution is 0.0322. The number of morpholine rings is 1. The molecule has 1 aromatic heterocycles. The number of nitrogens with one attached hydrogen (secondary N) is 2. The number of oxazole rings is 1.